The van der Waals surface area contributed by atoms with Crippen molar-refractivity contribution in [3.63, 3.8) is 0 Å². The van der Waals surface area contributed by atoms with Crippen molar-refractivity contribution in [2.45, 2.75) is 26.3 Å². The number of nitrogens with zero attached hydrogens (tertiary/aromatic N) is 1. The predicted octanol–water partition coefficient (Wildman–Crippen LogP) is 4.85. The van der Waals surface area contributed by atoms with Gasteiger partial charge in [-0.25, -0.2) is 4.98 Å². The highest BCUT2D eigenvalue weighted by molar-refractivity contribution is 7.11. The molecular weight excluding hydrogens is 299 g/mol. The molecule has 0 aliphatic rings. The lowest BCUT2D eigenvalue weighted by molar-refractivity contribution is 0.605. The molecule has 1 heterocycles. The zero-order valence-corrected chi connectivity index (χ0v) is 13.2. The maximum atomic E-state index is 6.31. The Morgan fingerprint density at radius 1 is 1.37 bits per heavy atom. The molecule has 0 bridgehead atoms. The van der Waals surface area contributed by atoms with E-state index >= 15 is 0 Å². The van der Waals surface area contributed by atoms with Gasteiger partial charge < -0.3 is 5.32 Å². The van der Waals surface area contributed by atoms with Gasteiger partial charge in [0.25, 0.3) is 0 Å². The molecule has 0 radical (unpaired) electrons. The van der Waals surface area contributed by atoms with Crippen molar-refractivity contribution in [3.8, 4) is 0 Å². The molecule has 0 fully saturated rings. The molecule has 5 heteroatoms. The Labute approximate surface area is 127 Å². The first-order valence-electron chi connectivity index (χ1n) is 6.22. The average Bonchev–Trinajstić information content (AvgIpc) is 2.80. The summed E-state index contributed by atoms with van der Waals surface area (Å²) in [6.07, 6.45) is 2.97. The second-order valence-electron chi connectivity index (χ2n) is 4.33. The average molecular weight is 315 g/mol. The van der Waals surface area contributed by atoms with Crippen LogP contribution in [-0.2, 0) is 0 Å². The number of hydrogen-bond donors (Lipinski definition) is 1. The van der Waals surface area contributed by atoms with Crippen molar-refractivity contribution in [2.24, 2.45) is 0 Å². The van der Waals surface area contributed by atoms with Gasteiger partial charge in [-0.1, -0.05) is 30.1 Å². The van der Waals surface area contributed by atoms with Gasteiger partial charge in [0, 0.05) is 21.1 Å². The molecule has 0 spiro atoms. The van der Waals surface area contributed by atoms with Crippen LogP contribution in [0.5, 0.6) is 0 Å². The minimum Gasteiger partial charge on any atom is -0.306 e. The lowest BCUT2D eigenvalue weighted by atomic mass is 10.1. The molecule has 1 unspecified atom stereocenters. The van der Waals surface area contributed by atoms with Crippen molar-refractivity contribution >= 4 is 34.5 Å². The van der Waals surface area contributed by atoms with E-state index in [1.807, 2.05) is 31.3 Å². The highest BCUT2D eigenvalue weighted by Gasteiger charge is 2.19. The molecule has 0 saturated heterocycles. The number of aromatic nitrogens is 1. The summed E-state index contributed by atoms with van der Waals surface area (Å²) in [6, 6.07) is 5.62. The maximum absolute atomic E-state index is 6.31. The minimum atomic E-state index is 0.0531. The molecule has 1 aromatic carbocycles. The number of halogens is 2. The van der Waals surface area contributed by atoms with Gasteiger partial charge in [-0.15, -0.1) is 11.3 Å². The van der Waals surface area contributed by atoms with Gasteiger partial charge in [0.15, 0.2) is 0 Å². The Kier molecular flexibility index (Phi) is 5.22. The van der Waals surface area contributed by atoms with Crippen LogP contribution in [0, 0.1) is 6.92 Å². The highest BCUT2D eigenvalue weighted by Crippen LogP contribution is 2.33. The van der Waals surface area contributed by atoms with E-state index < -0.39 is 0 Å². The number of nitrogens with one attached hydrogen (secondary N) is 1. The van der Waals surface area contributed by atoms with Gasteiger partial charge in [0.1, 0.15) is 0 Å². The smallest absolute Gasteiger partial charge is 0.0897 e. The van der Waals surface area contributed by atoms with Gasteiger partial charge in [-0.3, -0.25) is 0 Å². The summed E-state index contributed by atoms with van der Waals surface area (Å²) in [5, 5.41) is 5.99. The van der Waals surface area contributed by atoms with Crippen LogP contribution in [0.25, 0.3) is 0 Å². The van der Waals surface area contributed by atoms with Crippen LogP contribution in [0.2, 0.25) is 10.0 Å². The first-order chi connectivity index (χ1) is 9.11. The quantitative estimate of drug-likeness (QED) is 0.853. The molecule has 1 aromatic heterocycles. The molecule has 0 saturated carbocycles. The minimum absolute atomic E-state index is 0.0531. The summed E-state index contributed by atoms with van der Waals surface area (Å²) >= 11 is 14.1. The zero-order chi connectivity index (χ0) is 13.8. The summed E-state index contributed by atoms with van der Waals surface area (Å²) < 4.78 is 0. The highest BCUT2D eigenvalue weighted by atomic mass is 35.5. The molecule has 0 amide bonds. The van der Waals surface area contributed by atoms with E-state index in [-0.39, 0.29) is 6.04 Å². The molecule has 102 valence electrons. The Morgan fingerprint density at radius 3 is 2.79 bits per heavy atom. The van der Waals surface area contributed by atoms with Crippen molar-refractivity contribution in [2.75, 3.05) is 6.54 Å². The monoisotopic (exact) mass is 314 g/mol. The van der Waals surface area contributed by atoms with Crippen LogP contribution >= 0.6 is 34.5 Å². The first-order valence-corrected chi connectivity index (χ1v) is 7.79. The lowest BCUT2D eigenvalue weighted by Crippen LogP contribution is -2.22. The fourth-order valence-electron chi connectivity index (χ4n) is 1.90. The molecule has 1 N–H and O–H groups in total. The fourth-order valence-corrected chi connectivity index (χ4v) is 3.19. The summed E-state index contributed by atoms with van der Waals surface area (Å²) in [5.74, 6) is 0. The van der Waals surface area contributed by atoms with Crippen molar-refractivity contribution in [1.82, 2.24) is 10.3 Å². The Bertz CT molecular complexity index is 554. The second-order valence-corrected chi connectivity index (χ2v) is 6.44. The van der Waals surface area contributed by atoms with Crippen molar-refractivity contribution < 1.29 is 0 Å². The summed E-state index contributed by atoms with van der Waals surface area (Å²) in [7, 11) is 0. The standard InChI is InChI=1S/C14H16Cl2N2S/c1-3-6-17-14(13-8-18-9(2)19-13)11-7-10(15)4-5-12(11)16/h4-5,7-8,14,17H,3,6H2,1-2H3. The first kappa shape index (κ1) is 14.8. The van der Waals surface area contributed by atoms with Gasteiger partial charge in [0.2, 0.25) is 0 Å². The predicted molar refractivity (Wildman–Crippen MR) is 83.4 cm³/mol. The maximum Gasteiger partial charge on any atom is 0.0897 e. The van der Waals surface area contributed by atoms with E-state index in [0.29, 0.717) is 5.02 Å². The zero-order valence-electron chi connectivity index (χ0n) is 10.9. The van der Waals surface area contributed by atoms with Crippen LogP contribution in [0.15, 0.2) is 24.4 Å². The third kappa shape index (κ3) is 3.69. The number of benzene rings is 1. The molecule has 2 rings (SSSR count). The topological polar surface area (TPSA) is 24.9 Å². The van der Waals surface area contributed by atoms with Crippen molar-refractivity contribution in [1.29, 1.82) is 0 Å². The molecule has 2 aromatic rings. The third-order valence-electron chi connectivity index (χ3n) is 2.79. The Balaban J connectivity index is 2.39. The molecule has 19 heavy (non-hydrogen) atoms. The van der Waals surface area contributed by atoms with Crippen LogP contribution in [-0.4, -0.2) is 11.5 Å². The molecule has 0 aliphatic carbocycles. The van der Waals surface area contributed by atoms with Gasteiger partial charge >= 0.3 is 0 Å². The lowest BCUT2D eigenvalue weighted by Gasteiger charge is -2.18. The number of aryl methyl sites for hydroxylation is 1. The normalized spacial score (nSPS) is 12.6. The summed E-state index contributed by atoms with van der Waals surface area (Å²) in [4.78, 5) is 5.49. The number of thiazole rings is 1. The molecule has 0 aliphatic heterocycles. The Hall–Kier alpha value is -0.610. The molecule has 1 atom stereocenters. The number of rotatable bonds is 5. The van der Waals surface area contributed by atoms with Crippen LogP contribution in [0.4, 0.5) is 0 Å². The van der Waals surface area contributed by atoms with Gasteiger partial charge in [-0.05, 0) is 43.7 Å². The van der Waals surface area contributed by atoms with Gasteiger partial charge in [-0.2, -0.15) is 0 Å². The van der Waals surface area contributed by atoms with E-state index in [4.69, 9.17) is 23.2 Å². The molecule has 2 nitrogen and oxygen atoms in total. The largest absolute Gasteiger partial charge is 0.306 e. The van der Waals surface area contributed by atoms with Crippen molar-refractivity contribution in [3.05, 3.63) is 49.9 Å². The fraction of sp³-hybridized carbons (Fsp3) is 0.357. The SMILES string of the molecule is CCCNC(c1cnc(C)s1)c1cc(Cl)ccc1Cl. The van der Waals surface area contributed by atoms with Crippen LogP contribution in [0.1, 0.15) is 34.8 Å². The van der Waals surface area contributed by atoms with E-state index in [9.17, 15) is 0 Å². The third-order valence-corrected chi connectivity index (χ3v) is 4.35. The summed E-state index contributed by atoms with van der Waals surface area (Å²) in [5.41, 5.74) is 1.01. The molecular formula is C14H16Cl2N2S. The summed E-state index contributed by atoms with van der Waals surface area (Å²) in [6.45, 7) is 5.07. The second kappa shape index (κ2) is 6.71. The van der Waals surface area contributed by atoms with E-state index in [1.54, 1.807) is 11.3 Å². The van der Waals surface area contributed by atoms with E-state index in [1.165, 1.54) is 0 Å². The number of hydrogen-bond acceptors (Lipinski definition) is 3. The Morgan fingerprint density at radius 2 is 2.16 bits per heavy atom. The van der Waals surface area contributed by atoms with Gasteiger partial charge in [0.05, 0.1) is 11.0 Å². The van der Waals surface area contributed by atoms with Crippen LogP contribution in [0.3, 0.4) is 0 Å². The van der Waals surface area contributed by atoms with Crippen LogP contribution < -0.4 is 5.32 Å². The van der Waals surface area contributed by atoms with E-state index in [0.717, 1.165) is 33.4 Å². The van der Waals surface area contributed by atoms with E-state index in [2.05, 4.69) is 17.2 Å².